The van der Waals surface area contributed by atoms with Gasteiger partial charge in [0.05, 0.1) is 10.6 Å². The summed E-state index contributed by atoms with van der Waals surface area (Å²) in [5.74, 6) is 1.55. The first-order chi connectivity index (χ1) is 14.2. The van der Waals surface area contributed by atoms with Gasteiger partial charge in [-0.25, -0.2) is 4.98 Å². The van der Waals surface area contributed by atoms with Crippen LogP contribution in [0.4, 0.5) is 5.13 Å². The van der Waals surface area contributed by atoms with Gasteiger partial charge in [-0.2, -0.15) is 0 Å². The molecule has 1 saturated heterocycles. The molecule has 4 rings (SSSR count). The molecule has 1 aromatic heterocycles. The first kappa shape index (κ1) is 19.8. The van der Waals surface area contributed by atoms with Crippen LogP contribution in [0.3, 0.4) is 0 Å². The van der Waals surface area contributed by atoms with E-state index in [1.54, 1.807) is 0 Å². The lowest BCUT2D eigenvalue weighted by molar-refractivity contribution is -0.0952. The number of aromatic nitrogens is 1. The third-order valence-corrected chi connectivity index (χ3v) is 5.83. The highest BCUT2D eigenvalue weighted by Crippen LogP contribution is 2.38. The minimum atomic E-state index is -0.982. The number of piperazine rings is 1. The van der Waals surface area contributed by atoms with Crippen LogP contribution in [-0.4, -0.2) is 42.9 Å². The Bertz CT molecular complexity index is 909. The number of thiazole rings is 1. The van der Waals surface area contributed by atoms with Gasteiger partial charge < -0.3 is 24.8 Å². The fourth-order valence-corrected chi connectivity index (χ4v) is 4.30. The molecule has 0 aliphatic carbocycles. The Kier molecular flexibility index (Phi) is 6.41. The maximum Gasteiger partial charge on any atom is 0.192 e. The van der Waals surface area contributed by atoms with Crippen molar-refractivity contribution >= 4 is 16.5 Å². The molecule has 1 atom stereocenters. The van der Waals surface area contributed by atoms with E-state index in [1.807, 2.05) is 61.5 Å². The molecule has 1 aliphatic heterocycles. The lowest BCUT2D eigenvalue weighted by Crippen LogP contribution is -2.43. The number of rotatable bonds is 7. The molecule has 7 heteroatoms. The molecule has 1 unspecified atom stereocenters. The van der Waals surface area contributed by atoms with Crippen LogP contribution >= 0.6 is 11.3 Å². The predicted molar refractivity (Wildman–Crippen MR) is 116 cm³/mol. The van der Waals surface area contributed by atoms with Gasteiger partial charge in [0, 0.05) is 38.3 Å². The molecule has 2 aromatic carbocycles. The Labute approximate surface area is 174 Å². The molecule has 0 spiro atoms. The van der Waals surface area contributed by atoms with Crippen LogP contribution in [0, 0.1) is 0 Å². The highest BCUT2D eigenvalue weighted by Gasteiger charge is 2.23. The summed E-state index contributed by atoms with van der Waals surface area (Å²) in [4.78, 5) is 7.84. The summed E-state index contributed by atoms with van der Waals surface area (Å²) < 4.78 is 11.3. The van der Waals surface area contributed by atoms with Crippen molar-refractivity contribution in [1.29, 1.82) is 0 Å². The fraction of sp³-hybridized carbons (Fsp3) is 0.318. The molecule has 1 fully saturated rings. The normalized spacial score (nSPS) is 15.3. The molecule has 0 radical (unpaired) electrons. The van der Waals surface area contributed by atoms with Crippen molar-refractivity contribution < 1.29 is 14.6 Å². The van der Waals surface area contributed by atoms with Gasteiger partial charge in [-0.05, 0) is 43.3 Å². The van der Waals surface area contributed by atoms with E-state index in [9.17, 15) is 5.11 Å². The zero-order valence-electron chi connectivity index (χ0n) is 16.4. The Morgan fingerprint density at radius 1 is 1.07 bits per heavy atom. The fourth-order valence-electron chi connectivity index (χ4n) is 3.22. The molecule has 0 amide bonds. The zero-order chi connectivity index (χ0) is 20.1. The summed E-state index contributed by atoms with van der Waals surface area (Å²) in [5.41, 5.74) is 1.69. The molecule has 2 N–H and O–H groups in total. The molecule has 3 aromatic rings. The second-order valence-electron chi connectivity index (χ2n) is 6.69. The summed E-state index contributed by atoms with van der Waals surface area (Å²) in [6, 6.07) is 17.5. The Morgan fingerprint density at radius 2 is 1.76 bits per heavy atom. The van der Waals surface area contributed by atoms with E-state index in [-0.39, 0.29) is 0 Å². The van der Waals surface area contributed by atoms with E-state index in [4.69, 9.17) is 14.5 Å². The Hall–Kier alpha value is -2.45. The topological polar surface area (TPSA) is 66.9 Å². The van der Waals surface area contributed by atoms with Gasteiger partial charge in [-0.1, -0.05) is 29.5 Å². The van der Waals surface area contributed by atoms with E-state index in [2.05, 4.69) is 10.2 Å². The number of nitrogens with one attached hydrogen (secondary N) is 1. The minimum absolute atomic E-state index is 0.436. The number of ether oxygens (including phenoxy) is 2. The van der Waals surface area contributed by atoms with Gasteiger partial charge in [-0.15, -0.1) is 0 Å². The van der Waals surface area contributed by atoms with Crippen LogP contribution in [0.15, 0.2) is 54.6 Å². The number of anilines is 1. The van der Waals surface area contributed by atoms with Crippen molar-refractivity contribution in [3.05, 3.63) is 59.5 Å². The maximum atomic E-state index is 10.5. The van der Waals surface area contributed by atoms with E-state index >= 15 is 0 Å². The number of hydrogen-bond donors (Lipinski definition) is 2. The average molecular weight is 412 g/mol. The molecular formula is C22H25N3O3S. The van der Waals surface area contributed by atoms with Gasteiger partial charge in [0.15, 0.2) is 11.4 Å². The summed E-state index contributed by atoms with van der Waals surface area (Å²) >= 11 is 1.50. The molecule has 0 bridgehead atoms. The van der Waals surface area contributed by atoms with E-state index < -0.39 is 6.29 Å². The first-order valence-corrected chi connectivity index (χ1v) is 10.7. The van der Waals surface area contributed by atoms with Crippen molar-refractivity contribution in [1.82, 2.24) is 10.3 Å². The van der Waals surface area contributed by atoms with Crippen molar-refractivity contribution in [2.45, 2.75) is 13.2 Å². The summed E-state index contributed by atoms with van der Waals surface area (Å²) in [7, 11) is 0. The monoisotopic (exact) mass is 411 g/mol. The van der Waals surface area contributed by atoms with Crippen LogP contribution in [0.2, 0.25) is 0 Å². The van der Waals surface area contributed by atoms with Crippen molar-refractivity contribution in [3.8, 4) is 22.8 Å². The summed E-state index contributed by atoms with van der Waals surface area (Å²) in [5, 5.41) is 14.8. The number of hydrogen-bond acceptors (Lipinski definition) is 7. The largest absolute Gasteiger partial charge is 0.457 e. The standard InChI is InChI=1S/C22H25N3O3S/c1-2-27-21(26)20-19(24-22(29-20)25-14-12-23-13-15-25)16-8-10-18(11-9-16)28-17-6-4-3-5-7-17/h3-11,21,23,26H,2,12-15H2,1H3. The predicted octanol–water partition coefficient (Wildman–Crippen LogP) is 4.04. The molecule has 152 valence electrons. The van der Waals surface area contributed by atoms with Crippen molar-refractivity contribution in [2.24, 2.45) is 0 Å². The second-order valence-corrected chi connectivity index (χ2v) is 7.70. The quantitative estimate of drug-likeness (QED) is 0.572. The van der Waals surface area contributed by atoms with Crippen LogP contribution in [0.25, 0.3) is 11.3 Å². The molecule has 6 nitrogen and oxygen atoms in total. The Balaban J connectivity index is 1.60. The number of aliphatic hydroxyl groups is 1. The minimum Gasteiger partial charge on any atom is -0.457 e. The third kappa shape index (κ3) is 4.76. The van der Waals surface area contributed by atoms with Crippen LogP contribution < -0.4 is 15.0 Å². The van der Waals surface area contributed by atoms with Gasteiger partial charge >= 0.3 is 0 Å². The molecular weight excluding hydrogens is 386 g/mol. The van der Waals surface area contributed by atoms with Gasteiger partial charge in [-0.3, -0.25) is 0 Å². The van der Waals surface area contributed by atoms with E-state index in [1.165, 1.54) is 11.3 Å². The van der Waals surface area contributed by atoms with Gasteiger partial charge in [0.25, 0.3) is 0 Å². The molecule has 2 heterocycles. The van der Waals surface area contributed by atoms with Crippen LogP contribution in [-0.2, 0) is 4.74 Å². The molecule has 1 aliphatic rings. The number of nitrogens with zero attached hydrogens (tertiary/aromatic N) is 2. The number of benzene rings is 2. The SMILES string of the molecule is CCOC(O)c1sc(N2CCNCC2)nc1-c1ccc(Oc2ccccc2)cc1. The summed E-state index contributed by atoms with van der Waals surface area (Å²) in [6.07, 6.45) is -0.982. The van der Waals surface area contributed by atoms with Gasteiger partial charge in [0.1, 0.15) is 11.5 Å². The van der Waals surface area contributed by atoms with E-state index in [0.717, 1.165) is 58.9 Å². The number of para-hydroxylation sites is 1. The van der Waals surface area contributed by atoms with E-state index in [0.29, 0.717) is 6.61 Å². The smallest absolute Gasteiger partial charge is 0.192 e. The highest BCUT2D eigenvalue weighted by molar-refractivity contribution is 7.16. The summed E-state index contributed by atoms with van der Waals surface area (Å²) in [6.45, 7) is 5.98. The first-order valence-electron chi connectivity index (χ1n) is 9.84. The lowest BCUT2D eigenvalue weighted by Gasteiger charge is -2.26. The Morgan fingerprint density at radius 3 is 2.45 bits per heavy atom. The highest BCUT2D eigenvalue weighted by atomic mass is 32.1. The number of aliphatic hydroxyl groups excluding tert-OH is 1. The van der Waals surface area contributed by atoms with Crippen molar-refractivity contribution in [3.63, 3.8) is 0 Å². The van der Waals surface area contributed by atoms with Crippen molar-refractivity contribution in [2.75, 3.05) is 37.7 Å². The molecule has 0 saturated carbocycles. The van der Waals surface area contributed by atoms with Crippen LogP contribution in [0.5, 0.6) is 11.5 Å². The maximum absolute atomic E-state index is 10.5. The lowest BCUT2D eigenvalue weighted by atomic mass is 10.1. The molecule has 29 heavy (non-hydrogen) atoms. The van der Waals surface area contributed by atoms with Crippen LogP contribution in [0.1, 0.15) is 18.1 Å². The average Bonchev–Trinajstić information content (AvgIpc) is 3.22. The zero-order valence-corrected chi connectivity index (χ0v) is 17.2. The third-order valence-electron chi connectivity index (χ3n) is 4.69. The van der Waals surface area contributed by atoms with Gasteiger partial charge in [0.2, 0.25) is 0 Å². The second kappa shape index (κ2) is 9.37.